The highest BCUT2D eigenvalue weighted by molar-refractivity contribution is 7.10. The lowest BCUT2D eigenvalue weighted by Crippen LogP contribution is -2.21. The Labute approximate surface area is 129 Å². The van der Waals surface area contributed by atoms with E-state index in [9.17, 15) is 5.11 Å². The zero-order valence-corrected chi connectivity index (χ0v) is 13.3. The van der Waals surface area contributed by atoms with Crippen LogP contribution in [0.3, 0.4) is 0 Å². The monoisotopic (exact) mass is 304 g/mol. The molecule has 21 heavy (non-hydrogen) atoms. The predicted octanol–water partition coefficient (Wildman–Crippen LogP) is 3.18. The van der Waals surface area contributed by atoms with Crippen molar-refractivity contribution >= 4 is 17.6 Å². The van der Waals surface area contributed by atoms with Crippen molar-refractivity contribution in [3.8, 4) is 11.5 Å². The molecule has 1 heterocycles. The summed E-state index contributed by atoms with van der Waals surface area (Å²) in [5.41, 5.74) is 0.665. The molecule has 0 amide bonds. The second-order valence-electron chi connectivity index (χ2n) is 4.91. The minimum Gasteiger partial charge on any atom is -0.507 e. The van der Waals surface area contributed by atoms with Gasteiger partial charge in [-0.15, -0.1) is 11.3 Å². The molecule has 0 unspecified atom stereocenters. The van der Waals surface area contributed by atoms with Gasteiger partial charge >= 0.3 is 0 Å². The number of aliphatic imine (C=N–C) groups is 1. The Morgan fingerprint density at radius 3 is 2.81 bits per heavy atom. The Balaban J connectivity index is 2.10. The summed E-state index contributed by atoms with van der Waals surface area (Å²) in [5.74, 6) is 0.911. The topological polar surface area (TPSA) is 45.1 Å². The fourth-order valence-electron chi connectivity index (χ4n) is 2.00. The lowest BCUT2D eigenvalue weighted by molar-refractivity contribution is 0.311. The van der Waals surface area contributed by atoms with Crippen molar-refractivity contribution in [2.24, 2.45) is 4.99 Å². The highest BCUT2D eigenvalue weighted by Crippen LogP contribution is 2.24. The van der Waals surface area contributed by atoms with Crippen LogP contribution in [0, 0.1) is 0 Å². The highest BCUT2D eigenvalue weighted by atomic mass is 32.1. The molecule has 1 N–H and O–H groups in total. The Hall–Kier alpha value is -1.85. The molecule has 112 valence electrons. The maximum absolute atomic E-state index is 9.83. The normalized spacial score (nSPS) is 13.0. The smallest absolute Gasteiger partial charge is 0.124 e. The molecule has 0 spiro atoms. The SMILES string of the molecule is COc1ccc(O)c(C=NC[C@H](c2cccs2)N(C)C)c1. The van der Waals surface area contributed by atoms with Gasteiger partial charge in [-0.3, -0.25) is 4.99 Å². The molecule has 2 rings (SSSR count). The predicted molar refractivity (Wildman–Crippen MR) is 87.9 cm³/mol. The number of phenolic OH excluding ortho intramolecular Hbond substituents is 1. The quantitative estimate of drug-likeness (QED) is 0.834. The van der Waals surface area contributed by atoms with Crippen LogP contribution in [0.4, 0.5) is 0 Å². The largest absolute Gasteiger partial charge is 0.507 e. The summed E-state index contributed by atoms with van der Waals surface area (Å²) in [6, 6.07) is 9.52. The molecule has 0 radical (unpaired) electrons. The van der Waals surface area contributed by atoms with Gasteiger partial charge in [-0.05, 0) is 43.7 Å². The van der Waals surface area contributed by atoms with Crippen molar-refractivity contribution in [3.63, 3.8) is 0 Å². The number of thiophene rings is 1. The third-order valence-electron chi connectivity index (χ3n) is 3.24. The first-order chi connectivity index (χ1) is 10.1. The summed E-state index contributed by atoms with van der Waals surface area (Å²) in [5, 5.41) is 11.9. The molecule has 0 saturated carbocycles. The first-order valence-electron chi connectivity index (χ1n) is 6.68. The van der Waals surface area contributed by atoms with Gasteiger partial charge in [0.15, 0.2) is 0 Å². The van der Waals surface area contributed by atoms with Crippen LogP contribution in [-0.4, -0.2) is 44.0 Å². The summed E-state index contributed by atoms with van der Waals surface area (Å²) in [6.45, 7) is 0.643. The fourth-order valence-corrected chi connectivity index (χ4v) is 2.92. The second-order valence-corrected chi connectivity index (χ2v) is 5.89. The van der Waals surface area contributed by atoms with Crippen molar-refractivity contribution in [3.05, 3.63) is 46.2 Å². The molecule has 4 nitrogen and oxygen atoms in total. The number of hydrogen-bond donors (Lipinski definition) is 1. The van der Waals surface area contributed by atoms with E-state index in [1.54, 1.807) is 42.9 Å². The van der Waals surface area contributed by atoms with Crippen molar-refractivity contribution in [2.75, 3.05) is 27.7 Å². The molecule has 2 aromatic rings. The number of hydrogen-bond acceptors (Lipinski definition) is 5. The molecule has 1 aromatic carbocycles. The van der Waals surface area contributed by atoms with E-state index >= 15 is 0 Å². The lowest BCUT2D eigenvalue weighted by Gasteiger charge is -2.21. The van der Waals surface area contributed by atoms with Gasteiger partial charge in [0, 0.05) is 16.7 Å². The zero-order valence-electron chi connectivity index (χ0n) is 12.5. The van der Waals surface area contributed by atoms with Gasteiger partial charge in [-0.25, -0.2) is 0 Å². The standard InChI is InChI=1S/C16H20N2O2S/c1-18(2)14(16-5-4-8-21-16)11-17-10-12-9-13(20-3)6-7-15(12)19/h4-10,14,19H,11H2,1-3H3/t14-/m1/s1. The number of ether oxygens (including phenoxy) is 1. The van der Waals surface area contributed by atoms with Crippen LogP contribution < -0.4 is 4.74 Å². The minimum atomic E-state index is 0.206. The van der Waals surface area contributed by atoms with Crippen molar-refractivity contribution in [1.82, 2.24) is 4.90 Å². The number of benzene rings is 1. The van der Waals surface area contributed by atoms with Crippen molar-refractivity contribution in [2.45, 2.75) is 6.04 Å². The molecule has 0 aliphatic rings. The molecule has 0 aliphatic carbocycles. The van der Waals surface area contributed by atoms with Gasteiger partial charge in [0.25, 0.3) is 0 Å². The van der Waals surface area contributed by atoms with E-state index in [1.165, 1.54) is 4.88 Å². The Bertz CT molecular complexity index is 594. The van der Waals surface area contributed by atoms with Crippen LogP contribution in [0.1, 0.15) is 16.5 Å². The number of likely N-dealkylation sites (N-methyl/N-ethyl adjacent to an activating group) is 1. The summed E-state index contributed by atoms with van der Waals surface area (Å²) in [4.78, 5) is 7.91. The van der Waals surface area contributed by atoms with E-state index in [4.69, 9.17) is 4.74 Å². The average molecular weight is 304 g/mol. The van der Waals surface area contributed by atoms with Gasteiger partial charge in [0.2, 0.25) is 0 Å². The van der Waals surface area contributed by atoms with Gasteiger partial charge in [0.1, 0.15) is 11.5 Å². The van der Waals surface area contributed by atoms with Crippen LogP contribution in [0.2, 0.25) is 0 Å². The number of methoxy groups -OCH3 is 1. The van der Waals surface area contributed by atoms with E-state index in [0.29, 0.717) is 17.9 Å². The van der Waals surface area contributed by atoms with Gasteiger partial charge < -0.3 is 14.7 Å². The molecular weight excluding hydrogens is 284 g/mol. The number of phenols is 1. The Morgan fingerprint density at radius 1 is 1.38 bits per heavy atom. The summed E-state index contributed by atoms with van der Waals surface area (Å²) < 4.78 is 5.16. The average Bonchev–Trinajstić information content (AvgIpc) is 2.98. The van der Waals surface area contributed by atoms with Crippen LogP contribution in [0.5, 0.6) is 11.5 Å². The maximum atomic E-state index is 9.83. The summed E-state index contributed by atoms with van der Waals surface area (Å²) >= 11 is 1.73. The van der Waals surface area contributed by atoms with Gasteiger partial charge in [-0.2, -0.15) is 0 Å². The third-order valence-corrected chi connectivity index (χ3v) is 4.21. The van der Waals surface area contributed by atoms with Gasteiger partial charge in [-0.1, -0.05) is 6.07 Å². The first kappa shape index (κ1) is 15.5. The van der Waals surface area contributed by atoms with Crippen molar-refractivity contribution in [1.29, 1.82) is 0 Å². The van der Waals surface area contributed by atoms with Crippen LogP contribution in [0.15, 0.2) is 40.7 Å². The summed E-state index contributed by atoms with van der Waals surface area (Å²) in [6.07, 6.45) is 1.70. The molecular formula is C16H20N2O2S. The first-order valence-corrected chi connectivity index (χ1v) is 7.56. The molecule has 1 aromatic heterocycles. The van der Waals surface area contributed by atoms with Crippen LogP contribution in [0.25, 0.3) is 0 Å². The molecule has 0 bridgehead atoms. The van der Waals surface area contributed by atoms with E-state index in [0.717, 1.165) is 0 Å². The zero-order chi connectivity index (χ0) is 15.2. The number of rotatable bonds is 6. The van der Waals surface area contributed by atoms with E-state index in [-0.39, 0.29) is 11.8 Å². The minimum absolute atomic E-state index is 0.206. The molecule has 5 heteroatoms. The third kappa shape index (κ3) is 4.06. The Kier molecular flexibility index (Phi) is 5.36. The van der Waals surface area contributed by atoms with Gasteiger partial charge in [0.05, 0.1) is 19.7 Å². The van der Waals surface area contributed by atoms with E-state index < -0.39 is 0 Å². The molecule has 1 atom stereocenters. The molecule has 0 aliphatic heterocycles. The highest BCUT2D eigenvalue weighted by Gasteiger charge is 2.14. The fraction of sp³-hybridized carbons (Fsp3) is 0.312. The number of nitrogens with zero attached hydrogens (tertiary/aromatic N) is 2. The Morgan fingerprint density at radius 2 is 2.19 bits per heavy atom. The van der Waals surface area contributed by atoms with Crippen LogP contribution >= 0.6 is 11.3 Å². The number of aromatic hydroxyl groups is 1. The molecule has 0 saturated heterocycles. The summed E-state index contributed by atoms with van der Waals surface area (Å²) in [7, 11) is 5.69. The lowest BCUT2D eigenvalue weighted by atomic mass is 10.2. The van der Waals surface area contributed by atoms with Crippen molar-refractivity contribution < 1.29 is 9.84 Å². The second kappa shape index (κ2) is 7.24. The van der Waals surface area contributed by atoms with E-state index in [1.807, 2.05) is 20.2 Å². The maximum Gasteiger partial charge on any atom is 0.124 e. The molecule has 0 fully saturated rings. The van der Waals surface area contributed by atoms with Crippen LogP contribution in [-0.2, 0) is 0 Å². The van der Waals surface area contributed by atoms with E-state index in [2.05, 4.69) is 21.3 Å².